The van der Waals surface area contributed by atoms with E-state index in [2.05, 4.69) is 25.9 Å². The minimum absolute atomic E-state index is 0.0874. The van der Waals surface area contributed by atoms with Gasteiger partial charge in [-0.15, -0.1) is 10.2 Å². The number of carbonyl (C=O) groups excluding carboxylic acids is 1. The van der Waals surface area contributed by atoms with Crippen LogP contribution < -0.4 is 5.43 Å². The molecule has 0 radical (unpaired) electrons. The highest BCUT2D eigenvalue weighted by molar-refractivity contribution is 6.00. The molecule has 1 amide bonds. The lowest BCUT2D eigenvalue weighted by atomic mass is 10.1. The van der Waals surface area contributed by atoms with Gasteiger partial charge in [0.1, 0.15) is 12.3 Å². The number of phenols is 1. The van der Waals surface area contributed by atoms with E-state index in [4.69, 9.17) is 0 Å². The van der Waals surface area contributed by atoms with Crippen LogP contribution in [-0.4, -0.2) is 36.9 Å². The molecule has 0 fully saturated rings. The molecule has 0 aliphatic heterocycles. The van der Waals surface area contributed by atoms with Crippen LogP contribution in [0.25, 0.3) is 11.4 Å². The van der Waals surface area contributed by atoms with Gasteiger partial charge in [0.25, 0.3) is 5.91 Å². The van der Waals surface area contributed by atoms with Gasteiger partial charge in [0.2, 0.25) is 5.82 Å². The number of rotatable bonds is 6. The van der Waals surface area contributed by atoms with Gasteiger partial charge in [-0.1, -0.05) is 37.3 Å². The van der Waals surface area contributed by atoms with Gasteiger partial charge in [-0.05, 0) is 41.5 Å². The third-order valence-electron chi connectivity index (χ3n) is 3.62. The number of hydrogen-bond donors (Lipinski definition) is 2. The van der Waals surface area contributed by atoms with Gasteiger partial charge in [-0.25, -0.2) is 5.43 Å². The van der Waals surface area contributed by atoms with Crippen molar-refractivity contribution in [3.05, 3.63) is 60.2 Å². The first-order chi connectivity index (χ1) is 12.7. The highest BCUT2D eigenvalue weighted by Gasteiger charge is 2.09. The summed E-state index contributed by atoms with van der Waals surface area (Å²) >= 11 is 0. The molecule has 3 aromatic rings. The van der Waals surface area contributed by atoms with Gasteiger partial charge in [0.15, 0.2) is 0 Å². The van der Waals surface area contributed by atoms with Crippen LogP contribution in [0.2, 0.25) is 0 Å². The van der Waals surface area contributed by atoms with E-state index in [0.29, 0.717) is 18.0 Å². The average molecular weight is 350 g/mol. The topological polar surface area (TPSA) is 105 Å². The lowest BCUT2D eigenvalue weighted by Crippen LogP contribution is -2.25. The molecule has 1 heterocycles. The van der Waals surface area contributed by atoms with Crippen LogP contribution in [0.4, 0.5) is 0 Å². The summed E-state index contributed by atoms with van der Waals surface area (Å²) in [6.07, 6.45) is 0.630. The van der Waals surface area contributed by atoms with E-state index in [1.807, 2.05) is 37.3 Å². The van der Waals surface area contributed by atoms with Crippen molar-refractivity contribution < 1.29 is 9.90 Å². The number of aromatic hydroxyl groups is 1. The number of carbonyl (C=O) groups is 1. The quantitative estimate of drug-likeness (QED) is 0.522. The molecule has 2 aromatic carbocycles. The molecule has 2 N–H and O–H groups in total. The number of amides is 1. The van der Waals surface area contributed by atoms with Crippen molar-refractivity contribution in [3.63, 3.8) is 0 Å². The molecule has 132 valence electrons. The molecule has 0 atom stereocenters. The SMILES string of the molecule is CC/C(=N\NC(=O)Cn1nnc(-c2ccccc2)n1)c1ccc(O)cc1. The van der Waals surface area contributed by atoms with Crippen molar-refractivity contribution in [2.45, 2.75) is 19.9 Å². The number of hydrogen-bond acceptors (Lipinski definition) is 6. The maximum atomic E-state index is 12.1. The van der Waals surface area contributed by atoms with Gasteiger partial charge < -0.3 is 5.11 Å². The molecule has 0 bridgehead atoms. The Kier molecular flexibility index (Phi) is 5.33. The summed E-state index contributed by atoms with van der Waals surface area (Å²) in [4.78, 5) is 13.3. The average Bonchev–Trinajstić information content (AvgIpc) is 3.13. The van der Waals surface area contributed by atoms with E-state index in [1.165, 1.54) is 4.80 Å². The van der Waals surface area contributed by atoms with Crippen LogP contribution in [0.3, 0.4) is 0 Å². The standard InChI is InChI=1S/C18H18N6O2/c1-2-16(13-8-10-15(25)11-9-13)19-20-17(26)12-24-22-18(21-23-24)14-6-4-3-5-7-14/h3-11,25H,2,12H2,1H3,(H,20,26)/b19-16+. The summed E-state index contributed by atoms with van der Waals surface area (Å²) < 4.78 is 0. The minimum Gasteiger partial charge on any atom is -0.508 e. The fraction of sp³-hybridized carbons (Fsp3) is 0.167. The molecule has 0 aliphatic carbocycles. The Morgan fingerprint density at radius 2 is 1.88 bits per heavy atom. The zero-order chi connectivity index (χ0) is 18.4. The van der Waals surface area contributed by atoms with E-state index in [0.717, 1.165) is 11.1 Å². The summed E-state index contributed by atoms with van der Waals surface area (Å²) in [5.41, 5.74) is 4.87. The van der Waals surface area contributed by atoms with Gasteiger partial charge in [0, 0.05) is 5.56 Å². The van der Waals surface area contributed by atoms with Crippen LogP contribution in [0.1, 0.15) is 18.9 Å². The number of benzene rings is 2. The van der Waals surface area contributed by atoms with E-state index in [1.54, 1.807) is 24.3 Å². The van der Waals surface area contributed by atoms with Crippen LogP contribution >= 0.6 is 0 Å². The smallest absolute Gasteiger partial charge is 0.263 e. The van der Waals surface area contributed by atoms with Crippen LogP contribution in [0.5, 0.6) is 5.75 Å². The Hall–Kier alpha value is -3.55. The van der Waals surface area contributed by atoms with E-state index >= 15 is 0 Å². The highest BCUT2D eigenvalue weighted by Crippen LogP contribution is 2.12. The molecule has 8 heteroatoms. The molecular formula is C18H18N6O2. The van der Waals surface area contributed by atoms with E-state index in [-0.39, 0.29) is 18.2 Å². The fourth-order valence-corrected chi connectivity index (χ4v) is 2.31. The molecule has 8 nitrogen and oxygen atoms in total. The summed E-state index contributed by atoms with van der Waals surface area (Å²) in [6.45, 7) is 1.85. The predicted molar refractivity (Wildman–Crippen MR) is 96.3 cm³/mol. The van der Waals surface area contributed by atoms with Crippen LogP contribution in [0.15, 0.2) is 59.7 Å². The largest absolute Gasteiger partial charge is 0.508 e. The van der Waals surface area contributed by atoms with Crippen molar-refractivity contribution >= 4 is 11.6 Å². The van der Waals surface area contributed by atoms with E-state index < -0.39 is 0 Å². The van der Waals surface area contributed by atoms with Gasteiger partial charge in [-0.3, -0.25) is 4.79 Å². The van der Waals surface area contributed by atoms with Crippen molar-refractivity contribution in [1.82, 2.24) is 25.6 Å². The van der Waals surface area contributed by atoms with Crippen molar-refractivity contribution in [2.75, 3.05) is 0 Å². The fourth-order valence-electron chi connectivity index (χ4n) is 2.31. The Morgan fingerprint density at radius 3 is 2.58 bits per heavy atom. The second-order valence-corrected chi connectivity index (χ2v) is 5.50. The molecule has 26 heavy (non-hydrogen) atoms. The third kappa shape index (κ3) is 4.29. The molecule has 0 saturated carbocycles. The number of hydrazone groups is 1. The maximum Gasteiger partial charge on any atom is 0.263 e. The number of aromatic nitrogens is 4. The summed E-state index contributed by atoms with van der Waals surface area (Å²) in [7, 11) is 0. The number of phenolic OH excluding ortho intramolecular Hbond substituents is 1. The van der Waals surface area contributed by atoms with Crippen molar-refractivity contribution in [2.24, 2.45) is 5.10 Å². The van der Waals surface area contributed by atoms with Gasteiger partial charge in [-0.2, -0.15) is 9.90 Å². The Morgan fingerprint density at radius 1 is 1.15 bits per heavy atom. The number of nitrogens with one attached hydrogen (secondary N) is 1. The molecule has 0 saturated heterocycles. The van der Waals surface area contributed by atoms with Crippen molar-refractivity contribution in [3.8, 4) is 17.1 Å². The lowest BCUT2D eigenvalue weighted by Gasteiger charge is -2.05. The molecule has 3 rings (SSSR count). The first-order valence-electron chi connectivity index (χ1n) is 8.13. The summed E-state index contributed by atoms with van der Waals surface area (Å²) in [5, 5.41) is 25.5. The molecule has 0 spiro atoms. The number of tetrazole rings is 1. The Bertz CT molecular complexity index is 903. The Labute approximate surface area is 150 Å². The minimum atomic E-state index is -0.355. The number of nitrogens with zero attached hydrogens (tertiary/aromatic N) is 5. The normalized spacial score (nSPS) is 11.3. The summed E-state index contributed by atoms with van der Waals surface area (Å²) in [6, 6.07) is 16.1. The zero-order valence-electron chi connectivity index (χ0n) is 14.2. The first kappa shape index (κ1) is 17.3. The molecule has 1 aromatic heterocycles. The van der Waals surface area contributed by atoms with Gasteiger partial charge >= 0.3 is 0 Å². The highest BCUT2D eigenvalue weighted by atomic mass is 16.3. The monoisotopic (exact) mass is 350 g/mol. The maximum absolute atomic E-state index is 12.1. The van der Waals surface area contributed by atoms with E-state index in [9.17, 15) is 9.90 Å². The first-order valence-corrected chi connectivity index (χ1v) is 8.13. The molecular weight excluding hydrogens is 332 g/mol. The Balaban J connectivity index is 1.63. The van der Waals surface area contributed by atoms with Crippen LogP contribution in [0, 0.1) is 0 Å². The van der Waals surface area contributed by atoms with Crippen LogP contribution in [-0.2, 0) is 11.3 Å². The second-order valence-electron chi connectivity index (χ2n) is 5.50. The third-order valence-corrected chi connectivity index (χ3v) is 3.62. The zero-order valence-corrected chi connectivity index (χ0v) is 14.2. The molecule has 0 unspecified atom stereocenters. The predicted octanol–water partition coefficient (Wildman–Crippen LogP) is 1.98. The lowest BCUT2D eigenvalue weighted by molar-refractivity contribution is -0.122. The van der Waals surface area contributed by atoms with Crippen molar-refractivity contribution in [1.29, 1.82) is 0 Å². The van der Waals surface area contributed by atoms with Gasteiger partial charge in [0.05, 0.1) is 5.71 Å². The molecule has 0 aliphatic rings. The second kappa shape index (κ2) is 8.02. The summed E-state index contributed by atoms with van der Waals surface area (Å²) in [5.74, 6) is 0.284.